The van der Waals surface area contributed by atoms with E-state index >= 15 is 0 Å². The number of nitrogens with zero attached hydrogens (tertiary/aromatic N) is 1. The van der Waals surface area contributed by atoms with Gasteiger partial charge in [-0.3, -0.25) is 4.79 Å². The molecule has 0 radical (unpaired) electrons. The molecule has 1 aliphatic carbocycles. The molecule has 2 fully saturated rings. The Morgan fingerprint density at radius 3 is 2.71 bits per heavy atom. The molecular formula is C18H26N2O. The lowest BCUT2D eigenvalue weighted by Gasteiger charge is -2.40. The molecule has 2 N–H and O–H groups in total. The molecule has 3 nitrogen and oxygen atoms in total. The first-order valence-corrected chi connectivity index (χ1v) is 8.25. The molecule has 1 saturated carbocycles. The third-order valence-corrected chi connectivity index (χ3v) is 5.16. The number of carbonyl (C=O) groups excluding carboxylic acids is 1. The van der Waals surface area contributed by atoms with E-state index in [-0.39, 0.29) is 11.9 Å². The van der Waals surface area contributed by atoms with Crippen LogP contribution in [0.5, 0.6) is 0 Å². The van der Waals surface area contributed by atoms with Crippen LogP contribution in [-0.2, 0) is 4.79 Å². The molecule has 21 heavy (non-hydrogen) atoms. The number of likely N-dealkylation sites (tertiary alicyclic amines) is 1. The number of hydrogen-bond donors (Lipinski definition) is 1. The standard InChI is InChI=1S/C18H26N2O/c1-14-7-5-11-18(19,13-14)17(21)20-12-6-10-16(20)15-8-3-2-4-9-15/h2-4,8-9,14,16H,5-7,10-13,19H2,1H3. The minimum atomic E-state index is -0.630. The van der Waals surface area contributed by atoms with Crippen molar-refractivity contribution in [2.75, 3.05) is 6.54 Å². The fraction of sp³-hybridized carbons (Fsp3) is 0.611. The van der Waals surface area contributed by atoms with E-state index in [1.165, 1.54) is 12.0 Å². The molecule has 1 aromatic rings. The molecule has 0 spiro atoms. The second-order valence-electron chi connectivity index (χ2n) is 6.92. The normalized spacial score (nSPS) is 33.1. The zero-order valence-electron chi connectivity index (χ0n) is 12.9. The van der Waals surface area contributed by atoms with Crippen LogP contribution in [-0.4, -0.2) is 22.9 Å². The molecule has 2 aliphatic rings. The zero-order chi connectivity index (χ0) is 14.9. The average molecular weight is 286 g/mol. The second kappa shape index (κ2) is 5.80. The van der Waals surface area contributed by atoms with Gasteiger partial charge in [-0.1, -0.05) is 50.1 Å². The molecule has 3 unspecified atom stereocenters. The number of benzene rings is 1. The first-order chi connectivity index (χ1) is 10.1. The quantitative estimate of drug-likeness (QED) is 0.907. The molecule has 0 aromatic heterocycles. The Bertz CT molecular complexity index is 501. The van der Waals surface area contributed by atoms with Crippen LogP contribution < -0.4 is 5.73 Å². The molecule has 114 valence electrons. The minimum absolute atomic E-state index is 0.181. The Kier molecular flexibility index (Phi) is 4.03. The van der Waals surface area contributed by atoms with Crippen molar-refractivity contribution >= 4 is 5.91 Å². The van der Waals surface area contributed by atoms with Gasteiger partial charge in [0.15, 0.2) is 0 Å². The Balaban J connectivity index is 1.80. The van der Waals surface area contributed by atoms with Gasteiger partial charge in [-0.05, 0) is 37.2 Å². The Morgan fingerprint density at radius 1 is 1.24 bits per heavy atom. The smallest absolute Gasteiger partial charge is 0.243 e. The molecule has 1 aliphatic heterocycles. The molecule has 1 aromatic carbocycles. The van der Waals surface area contributed by atoms with Crippen LogP contribution in [0.25, 0.3) is 0 Å². The minimum Gasteiger partial charge on any atom is -0.334 e. The van der Waals surface area contributed by atoms with Crippen molar-refractivity contribution in [2.24, 2.45) is 11.7 Å². The number of hydrogen-bond acceptors (Lipinski definition) is 2. The van der Waals surface area contributed by atoms with E-state index in [4.69, 9.17) is 5.73 Å². The van der Waals surface area contributed by atoms with Gasteiger partial charge >= 0.3 is 0 Å². The third kappa shape index (κ3) is 2.84. The van der Waals surface area contributed by atoms with Gasteiger partial charge in [0.05, 0.1) is 11.6 Å². The predicted octanol–water partition coefficient (Wildman–Crippen LogP) is 3.26. The highest BCUT2D eigenvalue weighted by molar-refractivity contribution is 5.87. The van der Waals surface area contributed by atoms with Crippen molar-refractivity contribution in [1.82, 2.24) is 4.90 Å². The maximum Gasteiger partial charge on any atom is 0.243 e. The first-order valence-electron chi connectivity index (χ1n) is 8.25. The fourth-order valence-corrected chi connectivity index (χ4v) is 4.10. The molecule has 3 atom stereocenters. The van der Waals surface area contributed by atoms with E-state index in [0.29, 0.717) is 5.92 Å². The van der Waals surface area contributed by atoms with Crippen molar-refractivity contribution in [3.63, 3.8) is 0 Å². The summed E-state index contributed by atoms with van der Waals surface area (Å²) in [5.41, 5.74) is 7.14. The van der Waals surface area contributed by atoms with E-state index in [2.05, 4.69) is 31.2 Å². The highest BCUT2D eigenvalue weighted by atomic mass is 16.2. The predicted molar refractivity (Wildman–Crippen MR) is 84.7 cm³/mol. The van der Waals surface area contributed by atoms with Gasteiger partial charge in [-0.25, -0.2) is 0 Å². The molecule has 1 heterocycles. The lowest BCUT2D eigenvalue weighted by Crippen LogP contribution is -2.57. The molecular weight excluding hydrogens is 260 g/mol. The molecule has 0 bridgehead atoms. The summed E-state index contributed by atoms with van der Waals surface area (Å²) in [5, 5.41) is 0. The van der Waals surface area contributed by atoms with Gasteiger partial charge in [-0.2, -0.15) is 0 Å². The van der Waals surface area contributed by atoms with E-state index in [9.17, 15) is 4.79 Å². The highest BCUT2D eigenvalue weighted by Crippen LogP contribution is 2.37. The van der Waals surface area contributed by atoms with Gasteiger partial charge < -0.3 is 10.6 Å². The number of amides is 1. The van der Waals surface area contributed by atoms with Crippen LogP contribution in [0.4, 0.5) is 0 Å². The second-order valence-corrected chi connectivity index (χ2v) is 6.92. The van der Waals surface area contributed by atoms with Gasteiger partial charge in [-0.15, -0.1) is 0 Å². The monoisotopic (exact) mass is 286 g/mol. The maximum absolute atomic E-state index is 13.1. The molecule has 3 rings (SSSR count). The number of nitrogens with two attached hydrogens (primary N) is 1. The summed E-state index contributed by atoms with van der Waals surface area (Å²) in [4.78, 5) is 15.1. The first kappa shape index (κ1) is 14.6. The Labute approximate surface area is 127 Å². The van der Waals surface area contributed by atoms with Gasteiger partial charge in [0.25, 0.3) is 0 Å². The molecule has 3 heteroatoms. The maximum atomic E-state index is 13.1. The summed E-state index contributed by atoms with van der Waals surface area (Å²) in [6.45, 7) is 3.07. The molecule has 1 saturated heterocycles. The van der Waals surface area contributed by atoms with Gasteiger partial charge in [0.1, 0.15) is 0 Å². The van der Waals surface area contributed by atoms with Crippen LogP contribution in [0.1, 0.15) is 57.1 Å². The third-order valence-electron chi connectivity index (χ3n) is 5.16. The largest absolute Gasteiger partial charge is 0.334 e. The summed E-state index contributed by atoms with van der Waals surface area (Å²) >= 11 is 0. The Morgan fingerprint density at radius 2 is 2.00 bits per heavy atom. The molecule has 1 amide bonds. The number of carbonyl (C=O) groups is 1. The van der Waals surface area contributed by atoms with Crippen molar-refractivity contribution in [3.8, 4) is 0 Å². The van der Waals surface area contributed by atoms with Crippen LogP contribution in [0, 0.1) is 5.92 Å². The van der Waals surface area contributed by atoms with E-state index in [1.807, 2.05) is 11.0 Å². The van der Waals surface area contributed by atoms with Gasteiger partial charge in [0.2, 0.25) is 5.91 Å². The van der Waals surface area contributed by atoms with E-state index in [1.54, 1.807) is 0 Å². The van der Waals surface area contributed by atoms with Crippen molar-refractivity contribution < 1.29 is 4.79 Å². The van der Waals surface area contributed by atoms with Crippen LogP contribution in [0.2, 0.25) is 0 Å². The van der Waals surface area contributed by atoms with Crippen molar-refractivity contribution in [2.45, 2.75) is 57.0 Å². The lowest BCUT2D eigenvalue weighted by atomic mass is 9.76. The zero-order valence-corrected chi connectivity index (χ0v) is 12.9. The van der Waals surface area contributed by atoms with E-state index < -0.39 is 5.54 Å². The summed E-state index contributed by atoms with van der Waals surface area (Å²) in [6, 6.07) is 10.6. The van der Waals surface area contributed by atoms with Crippen LogP contribution >= 0.6 is 0 Å². The summed E-state index contributed by atoms with van der Waals surface area (Å²) in [5.74, 6) is 0.742. The lowest BCUT2D eigenvalue weighted by molar-refractivity contribution is -0.139. The average Bonchev–Trinajstić information content (AvgIpc) is 2.96. The van der Waals surface area contributed by atoms with E-state index in [0.717, 1.165) is 38.6 Å². The van der Waals surface area contributed by atoms with Crippen LogP contribution in [0.3, 0.4) is 0 Å². The topological polar surface area (TPSA) is 46.3 Å². The summed E-state index contributed by atoms with van der Waals surface area (Å²) < 4.78 is 0. The summed E-state index contributed by atoms with van der Waals surface area (Å²) in [7, 11) is 0. The SMILES string of the molecule is CC1CCCC(N)(C(=O)N2CCCC2c2ccccc2)C1. The Hall–Kier alpha value is -1.35. The van der Waals surface area contributed by atoms with Crippen molar-refractivity contribution in [1.29, 1.82) is 0 Å². The van der Waals surface area contributed by atoms with Crippen LogP contribution in [0.15, 0.2) is 30.3 Å². The number of rotatable bonds is 2. The highest BCUT2D eigenvalue weighted by Gasteiger charge is 2.43. The van der Waals surface area contributed by atoms with Gasteiger partial charge in [0, 0.05) is 6.54 Å². The fourth-order valence-electron chi connectivity index (χ4n) is 4.10. The van der Waals surface area contributed by atoms with Crippen molar-refractivity contribution in [3.05, 3.63) is 35.9 Å². The summed E-state index contributed by atoms with van der Waals surface area (Å²) in [6.07, 6.45) is 6.10.